The summed E-state index contributed by atoms with van der Waals surface area (Å²) in [5.41, 5.74) is 13.9. The maximum Gasteiger partial charge on any atom is 0.145 e. The zero-order valence-electron chi connectivity index (χ0n) is 28.8. The minimum Gasteiger partial charge on any atom is -0.309 e. The highest BCUT2D eigenvalue weighted by atomic mass is 15.1. The highest BCUT2D eigenvalue weighted by molar-refractivity contribution is 6.09. The Morgan fingerprint density at radius 3 is 1.79 bits per heavy atom. The molecule has 0 unspecified atom stereocenters. The van der Waals surface area contributed by atoms with Crippen molar-refractivity contribution in [2.75, 3.05) is 0 Å². The number of imidazole rings is 1. The third-order valence-corrected chi connectivity index (χ3v) is 11.0. The van der Waals surface area contributed by atoms with Gasteiger partial charge >= 0.3 is 0 Å². The van der Waals surface area contributed by atoms with Gasteiger partial charge in [-0.2, -0.15) is 0 Å². The van der Waals surface area contributed by atoms with Crippen LogP contribution in [-0.4, -0.2) is 19.1 Å². The summed E-state index contributed by atoms with van der Waals surface area (Å²) < 4.78 is 4.82. The van der Waals surface area contributed by atoms with E-state index in [1.54, 1.807) is 0 Å². The van der Waals surface area contributed by atoms with Gasteiger partial charge in [-0.25, -0.2) is 4.98 Å². The van der Waals surface area contributed by atoms with Crippen LogP contribution in [0.1, 0.15) is 22.3 Å². The minimum atomic E-state index is -0.630. The smallest absolute Gasteiger partial charge is 0.145 e. The first-order valence-corrected chi connectivity index (χ1v) is 18.1. The van der Waals surface area contributed by atoms with Gasteiger partial charge in [-0.3, -0.25) is 9.55 Å². The fourth-order valence-corrected chi connectivity index (χ4v) is 8.88. The van der Waals surface area contributed by atoms with Crippen LogP contribution in [0.3, 0.4) is 0 Å². The molecular formula is C49H32N4. The molecule has 0 aliphatic carbocycles. The minimum absolute atomic E-state index is 0.630. The van der Waals surface area contributed by atoms with Crippen molar-refractivity contribution in [3.63, 3.8) is 0 Å². The zero-order valence-corrected chi connectivity index (χ0v) is 28.8. The number of aromatic nitrogens is 4. The van der Waals surface area contributed by atoms with Crippen LogP contribution in [0.25, 0.3) is 66.9 Å². The highest BCUT2D eigenvalue weighted by Gasteiger charge is 2.45. The predicted molar refractivity (Wildman–Crippen MR) is 216 cm³/mol. The molecule has 3 aromatic heterocycles. The van der Waals surface area contributed by atoms with Gasteiger partial charge < -0.3 is 4.57 Å². The first-order chi connectivity index (χ1) is 26.3. The molecule has 0 saturated heterocycles. The normalized spacial score (nSPS) is 13.1. The summed E-state index contributed by atoms with van der Waals surface area (Å²) in [4.78, 5) is 10.1. The van der Waals surface area contributed by atoms with Gasteiger partial charge in [0.25, 0.3) is 0 Å². The van der Waals surface area contributed by atoms with E-state index in [4.69, 9.17) is 4.98 Å². The summed E-state index contributed by atoms with van der Waals surface area (Å²) in [5, 5.41) is 2.49. The Hall–Kier alpha value is -7.04. The van der Waals surface area contributed by atoms with Gasteiger partial charge in [0.05, 0.1) is 38.9 Å². The van der Waals surface area contributed by atoms with E-state index in [1.165, 1.54) is 44.1 Å². The molecule has 0 spiro atoms. The fraction of sp³-hybridized carbons (Fsp3) is 0.0204. The maximum absolute atomic E-state index is 5.43. The summed E-state index contributed by atoms with van der Waals surface area (Å²) in [5.74, 6) is 0.908. The molecule has 0 bridgehead atoms. The number of rotatable bonds is 5. The summed E-state index contributed by atoms with van der Waals surface area (Å²) in [6, 6.07) is 67.8. The molecule has 0 radical (unpaired) electrons. The van der Waals surface area contributed by atoms with Crippen molar-refractivity contribution in [3.05, 3.63) is 217 Å². The standard InChI is InChI=1S/C49H32N4/c1-3-17-35(18-4-1)49(36-19-5-2-6-20-36)40-23-14-25-43-47(40)53(48(51-43)34-16-13-15-33(31-34)42-24-11-12-30-50-42)46-29-28-37(32-41(46)49)52-44-26-9-7-21-38(44)39-22-8-10-27-45(39)52/h1-32H. The molecule has 0 saturated carbocycles. The van der Waals surface area contributed by atoms with Gasteiger partial charge in [0.15, 0.2) is 0 Å². The molecule has 0 fully saturated rings. The topological polar surface area (TPSA) is 35.6 Å². The first kappa shape index (κ1) is 29.7. The quantitative estimate of drug-likeness (QED) is 0.182. The molecule has 0 N–H and O–H groups in total. The lowest BCUT2D eigenvalue weighted by Gasteiger charge is -2.42. The lowest BCUT2D eigenvalue weighted by Crippen LogP contribution is -2.35. The third kappa shape index (κ3) is 4.24. The number of nitrogens with zero attached hydrogens (tertiary/aromatic N) is 4. The van der Waals surface area contributed by atoms with Gasteiger partial charge in [0.1, 0.15) is 5.82 Å². The molecule has 4 heteroatoms. The van der Waals surface area contributed by atoms with Crippen molar-refractivity contribution < 1.29 is 0 Å². The first-order valence-electron chi connectivity index (χ1n) is 18.1. The number of hydrogen-bond donors (Lipinski definition) is 0. The second-order valence-corrected chi connectivity index (χ2v) is 13.8. The Morgan fingerprint density at radius 2 is 1.09 bits per heavy atom. The highest BCUT2D eigenvalue weighted by Crippen LogP contribution is 2.54. The Kier molecular flexibility index (Phi) is 6.43. The third-order valence-electron chi connectivity index (χ3n) is 11.0. The van der Waals surface area contributed by atoms with Crippen molar-refractivity contribution >= 4 is 32.8 Å². The van der Waals surface area contributed by atoms with Crippen LogP contribution in [0.4, 0.5) is 0 Å². The Labute approximate surface area is 306 Å². The van der Waals surface area contributed by atoms with Crippen LogP contribution in [0.2, 0.25) is 0 Å². The molecule has 0 amide bonds. The van der Waals surface area contributed by atoms with Gasteiger partial charge in [-0.05, 0) is 76.9 Å². The lowest BCUT2D eigenvalue weighted by atomic mass is 9.63. The zero-order chi connectivity index (χ0) is 34.9. The molecule has 1 aliphatic heterocycles. The predicted octanol–water partition coefficient (Wildman–Crippen LogP) is 11.5. The lowest BCUT2D eigenvalue weighted by molar-refractivity contribution is 0.724. The van der Waals surface area contributed by atoms with Gasteiger partial charge in [0, 0.05) is 33.8 Å². The van der Waals surface area contributed by atoms with E-state index in [2.05, 4.69) is 190 Å². The van der Waals surface area contributed by atoms with Crippen LogP contribution >= 0.6 is 0 Å². The number of fused-ring (bicyclic) bond motifs is 5. The van der Waals surface area contributed by atoms with Crippen LogP contribution < -0.4 is 0 Å². The van der Waals surface area contributed by atoms with E-state index in [-0.39, 0.29) is 0 Å². The fourth-order valence-electron chi connectivity index (χ4n) is 8.88. The molecule has 11 rings (SSSR count). The van der Waals surface area contributed by atoms with Gasteiger partial charge in [0.2, 0.25) is 0 Å². The largest absolute Gasteiger partial charge is 0.309 e. The van der Waals surface area contributed by atoms with Crippen LogP contribution in [-0.2, 0) is 5.41 Å². The molecule has 4 heterocycles. The molecule has 53 heavy (non-hydrogen) atoms. The van der Waals surface area contributed by atoms with Crippen molar-refractivity contribution in [2.24, 2.45) is 0 Å². The Balaban J connectivity index is 1.28. The molecular weight excluding hydrogens is 645 g/mol. The van der Waals surface area contributed by atoms with Crippen LogP contribution in [0, 0.1) is 0 Å². The molecule has 7 aromatic carbocycles. The summed E-state index contributed by atoms with van der Waals surface area (Å²) in [7, 11) is 0. The molecule has 10 aromatic rings. The number of benzene rings is 7. The Morgan fingerprint density at radius 1 is 0.453 bits per heavy atom. The molecule has 0 atom stereocenters. The van der Waals surface area contributed by atoms with Crippen molar-refractivity contribution in [1.82, 2.24) is 19.1 Å². The van der Waals surface area contributed by atoms with Gasteiger partial charge in [-0.1, -0.05) is 133 Å². The summed E-state index contributed by atoms with van der Waals surface area (Å²) >= 11 is 0. The van der Waals surface area contributed by atoms with Crippen molar-refractivity contribution in [3.8, 4) is 34.0 Å². The van der Waals surface area contributed by atoms with E-state index < -0.39 is 5.41 Å². The van der Waals surface area contributed by atoms with Crippen LogP contribution in [0.5, 0.6) is 0 Å². The SMILES string of the molecule is c1ccc(C2(c3ccccc3)c3cc(-n4c5ccccc5c5ccccc54)ccc3-n3c(-c4cccc(-c5ccccn5)c4)nc4cccc2c43)cc1. The Bertz CT molecular complexity index is 2900. The van der Waals surface area contributed by atoms with E-state index in [1.807, 2.05) is 18.3 Å². The van der Waals surface area contributed by atoms with Gasteiger partial charge in [-0.15, -0.1) is 0 Å². The van der Waals surface area contributed by atoms with E-state index in [9.17, 15) is 0 Å². The summed E-state index contributed by atoms with van der Waals surface area (Å²) in [6.07, 6.45) is 1.85. The molecule has 248 valence electrons. The van der Waals surface area contributed by atoms with E-state index in [0.29, 0.717) is 0 Å². The average Bonchev–Trinajstić information content (AvgIpc) is 3.79. The number of hydrogen-bond acceptors (Lipinski definition) is 2. The molecule has 1 aliphatic rings. The second kappa shape index (κ2) is 11.5. The van der Waals surface area contributed by atoms with E-state index in [0.717, 1.165) is 45.1 Å². The van der Waals surface area contributed by atoms with Crippen molar-refractivity contribution in [2.45, 2.75) is 5.41 Å². The number of pyridine rings is 1. The monoisotopic (exact) mass is 676 g/mol. The second-order valence-electron chi connectivity index (χ2n) is 13.8. The average molecular weight is 677 g/mol. The summed E-state index contributed by atoms with van der Waals surface area (Å²) in [6.45, 7) is 0. The van der Waals surface area contributed by atoms with E-state index >= 15 is 0 Å². The number of para-hydroxylation sites is 3. The van der Waals surface area contributed by atoms with Crippen LogP contribution in [0.15, 0.2) is 194 Å². The maximum atomic E-state index is 5.43. The molecule has 4 nitrogen and oxygen atoms in total. The van der Waals surface area contributed by atoms with Crippen molar-refractivity contribution in [1.29, 1.82) is 0 Å².